The number of imidazole rings is 1. The lowest BCUT2D eigenvalue weighted by Crippen LogP contribution is -2.41. The quantitative estimate of drug-likeness (QED) is 0.527. The van der Waals surface area contributed by atoms with Crippen molar-refractivity contribution in [2.45, 2.75) is 19.1 Å². The van der Waals surface area contributed by atoms with E-state index in [2.05, 4.69) is 9.71 Å². The van der Waals surface area contributed by atoms with E-state index in [1.807, 2.05) is 29.8 Å². The van der Waals surface area contributed by atoms with E-state index in [9.17, 15) is 18.3 Å². The van der Waals surface area contributed by atoms with Crippen LogP contribution in [0, 0.1) is 0 Å². The molecule has 10 heteroatoms. The van der Waals surface area contributed by atoms with Gasteiger partial charge in [0.05, 0.1) is 24.4 Å². The SMILES string of the molecule is COc1ccc2nc(COc3ccc(C[C@H](NS(C)(=O)=O)C(=O)O)cc3)n(C)c2c1. The van der Waals surface area contributed by atoms with Crippen LogP contribution in [0.25, 0.3) is 11.0 Å². The number of sulfonamides is 1. The Bertz CT molecular complexity index is 1160. The molecule has 2 aromatic carbocycles. The second-order valence-corrected chi connectivity index (χ2v) is 8.64. The summed E-state index contributed by atoms with van der Waals surface area (Å²) in [7, 11) is -0.116. The van der Waals surface area contributed by atoms with E-state index in [0.717, 1.165) is 28.9 Å². The van der Waals surface area contributed by atoms with Gasteiger partial charge in [0.2, 0.25) is 10.0 Å². The van der Waals surface area contributed by atoms with Gasteiger partial charge in [0, 0.05) is 13.1 Å². The van der Waals surface area contributed by atoms with Crippen LogP contribution in [-0.4, -0.2) is 48.5 Å². The van der Waals surface area contributed by atoms with Gasteiger partial charge in [-0.3, -0.25) is 4.79 Å². The van der Waals surface area contributed by atoms with Crippen LogP contribution in [-0.2, 0) is 34.9 Å². The first kappa shape index (κ1) is 21.6. The average molecular weight is 433 g/mol. The topological polar surface area (TPSA) is 120 Å². The molecule has 30 heavy (non-hydrogen) atoms. The number of hydrogen-bond acceptors (Lipinski definition) is 6. The first-order valence-corrected chi connectivity index (χ1v) is 11.0. The van der Waals surface area contributed by atoms with E-state index >= 15 is 0 Å². The molecule has 160 valence electrons. The maximum atomic E-state index is 11.3. The maximum Gasteiger partial charge on any atom is 0.322 e. The van der Waals surface area contributed by atoms with E-state index in [1.165, 1.54) is 0 Å². The molecule has 0 aliphatic heterocycles. The predicted molar refractivity (Wildman–Crippen MR) is 111 cm³/mol. The number of hydrogen-bond donors (Lipinski definition) is 2. The van der Waals surface area contributed by atoms with Gasteiger partial charge in [-0.1, -0.05) is 12.1 Å². The van der Waals surface area contributed by atoms with Crippen molar-refractivity contribution in [1.29, 1.82) is 0 Å². The lowest BCUT2D eigenvalue weighted by molar-refractivity contribution is -0.138. The monoisotopic (exact) mass is 433 g/mol. The number of ether oxygens (including phenoxy) is 2. The lowest BCUT2D eigenvalue weighted by atomic mass is 10.1. The molecule has 0 bridgehead atoms. The largest absolute Gasteiger partial charge is 0.497 e. The molecule has 0 aliphatic carbocycles. The number of carbonyl (C=O) groups is 1. The highest BCUT2D eigenvalue weighted by molar-refractivity contribution is 7.88. The molecule has 0 fully saturated rings. The standard InChI is InChI=1S/C20H23N3O6S/c1-23-18-11-15(28-2)8-9-16(18)21-19(23)12-29-14-6-4-13(5-7-14)10-17(20(24)25)22-30(3,26)27/h4-9,11,17,22H,10,12H2,1-3H3,(H,24,25)/t17-/m0/s1. The normalized spacial score (nSPS) is 12.6. The van der Waals surface area contributed by atoms with Gasteiger partial charge in [0.15, 0.2) is 0 Å². The van der Waals surface area contributed by atoms with Gasteiger partial charge in [-0.2, -0.15) is 0 Å². The Morgan fingerprint density at radius 3 is 2.47 bits per heavy atom. The summed E-state index contributed by atoms with van der Waals surface area (Å²) in [5.74, 6) is 0.842. The highest BCUT2D eigenvalue weighted by Gasteiger charge is 2.21. The Labute approximate surface area is 174 Å². The van der Waals surface area contributed by atoms with Crippen molar-refractivity contribution in [3.63, 3.8) is 0 Å². The number of aliphatic carboxylic acids is 1. The number of benzene rings is 2. The van der Waals surface area contributed by atoms with Crippen molar-refractivity contribution in [1.82, 2.24) is 14.3 Å². The summed E-state index contributed by atoms with van der Waals surface area (Å²) in [5, 5.41) is 9.21. The lowest BCUT2D eigenvalue weighted by Gasteiger charge is -2.13. The van der Waals surface area contributed by atoms with Gasteiger partial charge in [0.1, 0.15) is 30.0 Å². The third-order valence-electron chi connectivity index (χ3n) is 4.57. The van der Waals surface area contributed by atoms with Crippen molar-refractivity contribution >= 4 is 27.0 Å². The Morgan fingerprint density at radius 2 is 1.87 bits per heavy atom. The zero-order valence-corrected chi connectivity index (χ0v) is 17.6. The third kappa shape index (κ3) is 5.28. The average Bonchev–Trinajstić information content (AvgIpc) is 3.01. The molecular formula is C20H23N3O6S. The van der Waals surface area contributed by atoms with E-state index < -0.39 is 22.0 Å². The molecule has 0 amide bonds. The number of aryl methyl sites for hydroxylation is 1. The minimum absolute atomic E-state index is 0.0231. The number of carboxylic acids is 1. The molecule has 1 aromatic heterocycles. The van der Waals surface area contributed by atoms with Crippen molar-refractivity contribution in [3.8, 4) is 11.5 Å². The zero-order chi connectivity index (χ0) is 21.9. The summed E-state index contributed by atoms with van der Waals surface area (Å²) in [4.78, 5) is 15.9. The molecule has 0 unspecified atom stereocenters. The first-order valence-electron chi connectivity index (χ1n) is 9.07. The molecule has 0 spiro atoms. The Balaban J connectivity index is 1.67. The van der Waals surface area contributed by atoms with Crippen molar-refractivity contribution in [3.05, 3.63) is 53.9 Å². The second kappa shape index (κ2) is 8.72. The van der Waals surface area contributed by atoms with E-state index in [0.29, 0.717) is 11.3 Å². The van der Waals surface area contributed by atoms with Crippen LogP contribution in [0.5, 0.6) is 11.5 Å². The Morgan fingerprint density at radius 1 is 1.20 bits per heavy atom. The Hall–Kier alpha value is -3.11. The number of nitrogens with zero attached hydrogens (tertiary/aromatic N) is 2. The molecule has 0 aliphatic rings. The molecule has 3 aromatic rings. The molecule has 9 nitrogen and oxygen atoms in total. The predicted octanol–water partition coefficient (Wildman–Crippen LogP) is 1.71. The molecule has 0 radical (unpaired) electrons. The first-order chi connectivity index (χ1) is 14.2. The van der Waals surface area contributed by atoms with Crippen LogP contribution in [0.3, 0.4) is 0 Å². The summed E-state index contributed by atoms with van der Waals surface area (Å²) in [6.07, 6.45) is 0.951. The minimum Gasteiger partial charge on any atom is -0.497 e. The van der Waals surface area contributed by atoms with E-state index in [1.54, 1.807) is 31.4 Å². The van der Waals surface area contributed by atoms with Gasteiger partial charge in [0.25, 0.3) is 0 Å². The fourth-order valence-corrected chi connectivity index (χ4v) is 3.72. The van der Waals surface area contributed by atoms with Gasteiger partial charge < -0.3 is 19.1 Å². The van der Waals surface area contributed by atoms with Crippen LogP contribution >= 0.6 is 0 Å². The number of rotatable bonds is 9. The summed E-state index contributed by atoms with van der Waals surface area (Å²) in [6.45, 7) is 0.250. The molecule has 1 heterocycles. The maximum absolute atomic E-state index is 11.3. The van der Waals surface area contributed by atoms with Crippen LogP contribution in [0.1, 0.15) is 11.4 Å². The molecule has 2 N–H and O–H groups in total. The van der Waals surface area contributed by atoms with Crippen molar-refractivity contribution in [2.75, 3.05) is 13.4 Å². The number of carboxylic acid groups (broad SMARTS) is 1. The van der Waals surface area contributed by atoms with E-state index in [-0.39, 0.29) is 13.0 Å². The fourth-order valence-electron chi connectivity index (χ4n) is 3.02. The highest BCUT2D eigenvalue weighted by Crippen LogP contribution is 2.22. The molecule has 3 rings (SSSR count). The summed E-state index contributed by atoms with van der Waals surface area (Å²) in [5.41, 5.74) is 2.44. The van der Waals surface area contributed by atoms with Gasteiger partial charge in [-0.15, -0.1) is 0 Å². The summed E-state index contributed by atoms with van der Waals surface area (Å²) < 4.78 is 37.8. The molecule has 1 atom stereocenters. The molecular weight excluding hydrogens is 410 g/mol. The number of aromatic nitrogens is 2. The molecule has 0 saturated carbocycles. The second-order valence-electron chi connectivity index (χ2n) is 6.86. The van der Waals surface area contributed by atoms with Crippen molar-refractivity contribution in [2.24, 2.45) is 7.05 Å². The summed E-state index contributed by atoms with van der Waals surface area (Å²) in [6, 6.07) is 11.2. The van der Waals surface area contributed by atoms with Crippen LogP contribution in [0.4, 0.5) is 0 Å². The smallest absolute Gasteiger partial charge is 0.322 e. The number of methoxy groups -OCH3 is 1. The summed E-state index contributed by atoms with van der Waals surface area (Å²) >= 11 is 0. The highest BCUT2D eigenvalue weighted by atomic mass is 32.2. The minimum atomic E-state index is -3.63. The van der Waals surface area contributed by atoms with Gasteiger partial charge >= 0.3 is 5.97 Å². The third-order valence-corrected chi connectivity index (χ3v) is 5.28. The Kier molecular flexibility index (Phi) is 6.28. The molecule has 0 saturated heterocycles. The zero-order valence-electron chi connectivity index (χ0n) is 16.8. The number of nitrogens with one attached hydrogen (secondary N) is 1. The van der Waals surface area contributed by atoms with Crippen molar-refractivity contribution < 1.29 is 27.8 Å². The van der Waals surface area contributed by atoms with Crippen LogP contribution < -0.4 is 14.2 Å². The van der Waals surface area contributed by atoms with Crippen LogP contribution in [0.2, 0.25) is 0 Å². The number of fused-ring (bicyclic) bond motifs is 1. The van der Waals surface area contributed by atoms with Gasteiger partial charge in [-0.05, 0) is 36.2 Å². The van der Waals surface area contributed by atoms with E-state index in [4.69, 9.17) is 9.47 Å². The van der Waals surface area contributed by atoms with Crippen LogP contribution in [0.15, 0.2) is 42.5 Å². The van der Waals surface area contributed by atoms with Gasteiger partial charge in [-0.25, -0.2) is 18.1 Å². The fraction of sp³-hybridized carbons (Fsp3) is 0.300.